The molecule has 0 aliphatic rings. The summed E-state index contributed by atoms with van der Waals surface area (Å²) in [5, 5.41) is 8.57. The third kappa shape index (κ3) is 3.87. The molecule has 0 aliphatic heterocycles. The van der Waals surface area contributed by atoms with Gasteiger partial charge in [-0.2, -0.15) is 10.3 Å². The molecule has 0 heterocycles. The molecule has 4 N–H and O–H groups in total. The highest BCUT2D eigenvalue weighted by molar-refractivity contribution is 8.15. The fourth-order valence-corrected chi connectivity index (χ4v) is 0.945. The first-order valence-electron chi connectivity index (χ1n) is 3.04. The molecule has 0 aromatic heterocycles. The van der Waals surface area contributed by atoms with E-state index in [2.05, 4.69) is 17.6 Å². The van der Waals surface area contributed by atoms with Gasteiger partial charge in [0, 0.05) is 0 Å². The van der Waals surface area contributed by atoms with Crippen molar-refractivity contribution in [2.24, 2.45) is 16.5 Å². The highest BCUT2D eigenvalue weighted by Gasteiger charge is 2.11. The molecule has 0 unspecified atom stereocenters. The third-order valence-electron chi connectivity index (χ3n) is 0.964. The lowest BCUT2D eigenvalue weighted by molar-refractivity contribution is -0.114. The summed E-state index contributed by atoms with van der Waals surface area (Å²) in [5.41, 5.74) is 9.78. The number of thioether (sulfide) groups is 1. The van der Waals surface area contributed by atoms with E-state index >= 15 is 0 Å². The molecule has 70 valence electrons. The predicted molar refractivity (Wildman–Crippen MR) is 56.0 cm³/mol. The zero-order valence-corrected chi connectivity index (χ0v) is 8.52. The van der Waals surface area contributed by atoms with Crippen LogP contribution in [0, 0.1) is 11.3 Å². The Bertz CT molecular complexity index is 311. The number of guanidine groups is 1. The van der Waals surface area contributed by atoms with Crippen LogP contribution in [0.4, 0.5) is 0 Å². The molecule has 0 saturated heterocycles. The molecule has 0 fully saturated rings. The Labute approximate surface area is 85.3 Å². The van der Waals surface area contributed by atoms with E-state index in [1.54, 1.807) is 12.3 Å². The van der Waals surface area contributed by atoms with Crippen molar-refractivity contribution < 1.29 is 4.79 Å². The summed E-state index contributed by atoms with van der Waals surface area (Å²) in [6.07, 6.45) is 1.68. The molecule has 0 bridgehead atoms. The Morgan fingerprint density at radius 3 is 2.46 bits per heavy atom. The molecule has 1 amide bonds. The first-order valence-corrected chi connectivity index (χ1v) is 4.71. The van der Waals surface area contributed by atoms with Crippen LogP contribution in [0.15, 0.2) is 14.8 Å². The van der Waals surface area contributed by atoms with Gasteiger partial charge in [0.15, 0.2) is 5.96 Å². The number of amides is 1. The van der Waals surface area contributed by atoms with Crippen LogP contribution in [0.3, 0.4) is 0 Å². The standard InChI is InChI=1S/C6H8N4OS2/c1-13-5(12)3(2-7)4(11)10-6(8)9/h12H,1H3,(H4,8,9,10,11)/b5-3+. The summed E-state index contributed by atoms with van der Waals surface area (Å²) in [4.78, 5) is 14.3. The van der Waals surface area contributed by atoms with Crippen LogP contribution in [0.25, 0.3) is 0 Å². The van der Waals surface area contributed by atoms with Crippen LogP contribution in [-0.4, -0.2) is 18.1 Å². The van der Waals surface area contributed by atoms with Crippen molar-refractivity contribution in [3.8, 4) is 6.07 Å². The molecule has 0 rings (SSSR count). The summed E-state index contributed by atoms with van der Waals surface area (Å²) < 4.78 is 0.289. The van der Waals surface area contributed by atoms with E-state index < -0.39 is 5.91 Å². The monoisotopic (exact) mass is 216 g/mol. The van der Waals surface area contributed by atoms with E-state index in [0.717, 1.165) is 11.8 Å². The molecule has 0 aliphatic carbocycles. The third-order valence-corrected chi connectivity index (χ3v) is 2.33. The van der Waals surface area contributed by atoms with Crippen molar-refractivity contribution in [2.45, 2.75) is 0 Å². The average molecular weight is 216 g/mol. The smallest absolute Gasteiger partial charge is 0.292 e. The maximum Gasteiger partial charge on any atom is 0.292 e. The number of thiol groups is 1. The van der Waals surface area contributed by atoms with Crippen molar-refractivity contribution in [2.75, 3.05) is 6.26 Å². The van der Waals surface area contributed by atoms with Gasteiger partial charge in [-0.25, -0.2) is 0 Å². The molecule has 0 saturated carbocycles. The molecule has 0 spiro atoms. The van der Waals surface area contributed by atoms with E-state index in [9.17, 15) is 4.79 Å². The first-order chi connectivity index (χ1) is 6.02. The number of aliphatic imine (C=N–C) groups is 1. The van der Waals surface area contributed by atoms with Gasteiger partial charge < -0.3 is 11.5 Å². The van der Waals surface area contributed by atoms with Crippen LogP contribution in [0.2, 0.25) is 0 Å². The van der Waals surface area contributed by atoms with E-state index in [4.69, 9.17) is 16.7 Å². The zero-order valence-electron chi connectivity index (χ0n) is 6.81. The van der Waals surface area contributed by atoms with Crippen LogP contribution in [-0.2, 0) is 4.79 Å². The van der Waals surface area contributed by atoms with Gasteiger partial charge in [0.25, 0.3) is 5.91 Å². The Kier molecular flexibility index (Phi) is 5.03. The first kappa shape index (κ1) is 11.9. The minimum Gasteiger partial charge on any atom is -0.370 e. The largest absolute Gasteiger partial charge is 0.370 e. The molecule has 5 nitrogen and oxygen atoms in total. The highest BCUT2D eigenvalue weighted by Crippen LogP contribution is 2.20. The number of nitriles is 1. The van der Waals surface area contributed by atoms with Crippen molar-refractivity contribution >= 4 is 36.3 Å². The number of nitrogens with zero attached hydrogens (tertiary/aromatic N) is 2. The topological polar surface area (TPSA) is 105 Å². The molecule has 7 heteroatoms. The maximum absolute atomic E-state index is 11.1. The Balaban J connectivity index is 4.95. The predicted octanol–water partition coefficient (Wildman–Crippen LogP) is -0.186. The summed E-state index contributed by atoms with van der Waals surface area (Å²) in [6.45, 7) is 0. The van der Waals surface area contributed by atoms with Gasteiger partial charge in [-0.15, -0.1) is 24.4 Å². The van der Waals surface area contributed by atoms with Crippen LogP contribution in [0.5, 0.6) is 0 Å². The van der Waals surface area contributed by atoms with E-state index in [1.807, 2.05) is 0 Å². The van der Waals surface area contributed by atoms with E-state index in [-0.39, 0.29) is 15.8 Å². The summed E-state index contributed by atoms with van der Waals surface area (Å²) in [7, 11) is 0. The fraction of sp³-hybridized carbons (Fsp3) is 0.167. The summed E-state index contributed by atoms with van der Waals surface area (Å²) in [6, 6.07) is 1.67. The Hall–Kier alpha value is -1.13. The second kappa shape index (κ2) is 5.50. The lowest BCUT2D eigenvalue weighted by Gasteiger charge is -1.96. The number of hydrogen-bond donors (Lipinski definition) is 3. The summed E-state index contributed by atoms with van der Waals surface area (Å²) in [5.74, 6) is -1.15. The quantitative estimate of drug-likeness (QED) is 0.195. The number of carbonyl (C=O) groups is 1. The molecule has 0 aromatic rings. The van der Waals surface area contributed by atoms with Gasteiger partial charge in [0.1, 0.15) is 11.6 Å². The van der Waals surface area contributed by atoms with Crippen molar-refractivity contribution in [3.63, 3.8) is 0 Å². The van der Waals surface area contributed by atoms with Crippen molar-refractivity contribution in [1.82, 2.24) is 0 Å². The second-order valence-electron chi connectivity index (χ2n) is 1.84. The lowest BCUT2D eigenvalue weighted by atomic mass is 10.3. The summed E-state index contributed by atoms with van der Waals surface area (Å²) >= 11 is 5.08. The van der Waals surface area contributed by atoms with Gasteiger partial charge in [-0.1, -0.05) is 0 Å². The fourth-order valence-electron chi connectivity index (χ4n) is 0.462. The molecule has 13 heavy (non-hydrogen) atoms. The minimum absolute atomic E-state index is 0.163. The number of nitrogens with two attached hydrogens (primary N) is 2. The van der Waals surface area contributed by atoms with E-state index in [0.29, 0.717) is 0 Å². The second-order valence-corrected chi connectivity index (χ2v) is 3.40. The van der Waals surface area contributed by atoms with Gasteiger partial charge in [-0.05, 0) is 6.26 Å². The molecular formula is C6H8N4OS2. The van der Waals surface area contributed by atoms with Gasteiger partial charge >= 0.3 is 0 Å². The molecule has 0 radical (unpaired) electrons. The minimum atomic E-state index is -0.776. The van der Waals surface area contributed by atoms with Gasteiger partial charge in [-0.3, -0.25) is 4.79 Å². The molecule has 0 aromatic carbocycles. The number of rotatable bonds is 2. The molecular weight excluding hydrogens is 208 g/mol. The average Bonchev–Trinajstić information content (AvgIpc) is 2.03. The number of carbonyl (C=O) groups excluding carboxylic acids is 1. The van der Waals surface area contributed by atoms with Crippen LogP contribution in [0.1, 0.15) is 0 Å². The van der Waals surface area contributed by atoms with Crippen molar-refractivity contribution in [3.05, 3.63) is 9.81 Å². The van der Waals surface area contributed by atoms with Crippen LogP contribution < -0.4 is 11.5 Å². The highest BCUT2D eigenvalue weighted by atomic mass is 32.2. The SMILES string of the molecule is CS/C(S)=C(\C#N)C(=O)N=C(N)N. The van der Waals surface area contributed by atoms with Gasteiger partial charge in [0.2, 0.25) is 0 Å². The Morgan fingerprint density at radius 1 is 1.62 bits per heavy atom. The molecule has 0 atom stereocenters. The number of hydrogen-bond acceptors (Lipinski definition) is 4. The maximum atomic E-state index is 11.1. The lowest BCUT2D eigenvalue weighted by Crippen LogP contribution is -2.24. The van der Waals surface area contributed by atoms with E-state index in [1.165, 1.54) is 0 Å². The zero-order chi connectivity index (χ0) is 10.4. The Morgan fingerprint density at radius 2 is 2.15 bits per heavy atom. The van der Waals surface area contributed by atoms with Crippen molar-refractivity contribution in [1.29, 1.82) is 5.26 Å². The normalized spacial score (nSPS) is 11.2. The van der Waals surface area contributed by atoms with Crippen LogP contribution >= 0.6 is 24.4 Å². The van der Waals surface area contributed by atoms with Gasteiger partial charge in [0.05, 0.1) is 4.24 Å².